The minimum atomic E-state index is -0.377. The second-order valence-electron chi connectivity index (χ2n) is 6.78. The average Bonchev–Trinajstić information content (AvgIpc) is 3.37. The Morgan fingerprint density at radius 1 is 1.21 bits per heavy atom. The molecule has 2 N–H and O–H groups in total. The number of hydrogen-bond donors (Lipinski definition) is 1. The molecule has 2 aromatic heterocycles. The highest BCUT2D eigenvalue weighted by Gasteiger charge is 2.29. The molecule has 1 aliphatic rings. The standard InChI is InChI=1S/C20H19ClN4O3/c21-14-5-1-6-15(10-14)25-17(18-7-3-9-28-18)11-16(23-25)20(27)24-8-2-4-13(12-24)19(22)26/h1,3,5-7,9-11,13H,2,4,8,12H2,(H2,22,26). The van der Waals surface area contributed by atoms with Gasteiger partial charge < -0.3 is 15.1 Å². The van der Waals surface area contributed by atoms with Crippen LogP contribution in [0.2, 0.25) is 5.02 Å². The summed E-state index contributed by atoms with van der Waals surface area (Å²) in [5.41, 5.74) is 7.06. The van der Waals surface area contributed by atoms with E-state index >= 15 is 0 Å². The van der Waals surface area contributed by atoms with E-state index in [4.69, 9.17) is 21.8 Å². The lowest BCUT2D eigenvalue weighted by Crippen LogP contribution is -2.44. The highest BCUT2D eigenvalue weighted by Crippen LogP contribution is 2.27. The van der Waals surface area contributed by atoms with Gasteiger partial charge in [-0.1, -0.05) is 17.7 Å². The van der Waals surface area contributed by atoms with Crippen molar-refractivity contribution in [2.75, 3.05) is 13.1 Å². The van der Waals surface area contributed by atoms with Gasteiger partial charge in [-0.2, -0.15) is 5.10 Å². The number of benzene rings is 1. The number of halogens is 1. The van der Waals surface area contributed by atoms with E-state index in [9.17, 15) is 9.59 Å². The number of carbonyl (C=O) groups excluding carboxylic acids is 2. The highest BCUT2D eigenvalue weighted by atomic mass is 35.5. The lowest BCUT2D eigenvalue weighted by atomic mass is 9.97. The largest absolute Gasteiger partial charge is 0.463 e. The Hall–Kier alpha value is -3.06. The van der Waals surface area contributed by atoms with E-state index in [1.165, 1.54) is 0 Å². The predicted octanol–water partition coefficient (Wildman–Crippen LogP) is 3.12. The zero-order chi connectivity index (χ0) is 19.7. The second-order valence-corrected chi connectivity index (χ2v) is 7.21. The van der Waals surface area contributed by atoms with Crippen molar-refractivity contribution in [3.05, 3.63) is 59.4 Å². The molecule has 1 atom stereocenters. The molecule has 3 aromatic rings. The Labute approximate surface area is 166 Å². The van der Waals surface area contributed by atoms with Crippen molar-refractivity contribution in [2.45, 2.75) is 12.8 Å². The van der Waals surface area contributed by atoms with E-state index in [2.05, 4.69) is 5.10 Å². The maximum atomic E-state index is 13.0. The second kappa shape index (κ2) is 7.52. The molecular weight excluding hydrogens is 380 g/mol. The summed E-state index contributed by atoms with van der Waals surface area (Å²) in [6, 6.07) is 12.5. The molecule has 0 spiro atoms. The summed E-state index contributed by atoms with van der Waals surface area (Å²) in [6.07, 6.45) is 3.00. The van der Waals surface area contributed by atoms with Crippen LogP contribution in [0, 0.1) is 5.92 Å². The van der Waals surface area contributed by atoms with Gasteiger partial charge in [0.2, 0.25) is 5.91 Å². The first-order valence-corrected chi connectivity index (χ1v) is 9.39. The molecule has 0 bridgehead atoms. The van der Waals surface area contributed by atoms with Crippen molar-refractivity contribution in [1.82, 2.24) is 14.7 Å². The average molecular weight is 399 g/mol. The molecular formula is C20H19ClN4O3. The first-order chi connectivity index (χ1) is 13.5. The van der Waals surface area contributed by atoms with Gasteiger partial charge in [0, 0.05) is 24.2 Å². The molecule has 1 aromatic carbocycles. The third-order valence-corrected chi connectivity index (χ3v) is 5.10. The minimum Gasteiger partial charge on any atom is -0.463 e. The molecule has 3 heterocycles. The van der Waals surface area contributed by atoms with Crippen LogP contribution in [0.1, 0.15) is 23.3 Å². The molecule has 144 valence electrons. The van der Waals surface area contributed by atoms with Crippen LogP contribution in [0.25, 0.3) is 17.1 Å². The lowest BCUT2D eigenvalue weighted by Gasteiger charge is -2.30. The topological polar surface area (TPSA) is 94.4 Å². The molecule has 1 saturated heterocycles. The van der Waals surface area contributed by atoms with Crippen LogP contribution in [0.5, 0.6) is 0 Å². The quantitative estimate of drug-likeness (QED) is 0.730. The molecule has 4 rings (SSSR count). The fraction of sp³-hybridized carbons (Fsp3) is 0.250. The molecule has 0 radical (unpaired) electrons. The number of primary amides is 1. The molecule has 0 saturated carbocycles. The van der Waals surface area contributed by atoms with Crippen molar-refractivity contribution < 1.29 is 14.0 Å². The molecule has 8 heteroatoms. The van der Waals surface area contributed by atoms with Crippen LogP contribution in [0.15, 0.2) is 53.1 Å². The first-order valence-electron chi connectivity index (χ1n) is 9.01. The first kappa shape index (κ1) is 18.3. The summed E-state index contributed by atoms with van der Waals surface area (Å²) in [6.45, 7) is 0.886. The normalized spacial score (nSPS) is 16.9. The Bertz CT molecular complexity index is 1010. The molecule has 7 nitrogen and oxygen atoms in total. The van der Waals surface area contributed by atoms with Gasteiger partial charge in [0.1, 0.15) is 5.69 Å². The summed E-state index contributed by atoms with van der Waals surface area (Å²) in [7, 11) is 0. The molecule has 1 aliphatic heterocycles. The highest BCUT2D eigenvalue weighted by molar-refractivity contribution is 6.30. The number of aromatic nitrogens is 2. The number of nitrogens with zero attached hydrogens (tertiary/aromatic N) is 3. The zero-order valence-electron chi connectivity index (χ0n) is 15.0. The van der Waals surface area contributed by atoms with Crippen LogP contribution in [-0.4, -0.2) is 39.6 Å². The van der Waals surface area contributed by atoms with Gasteiger partial charge in [-0.25, -0.2) is 4.68 Å². The van der Waals surface area contributed by atoms with Gasteiger partial charge in [0.05, 0.1) is 17.9 Å². The van der Waals surface area contributed by atoms with Crippen molar-refractivity contribution >= 4 is 23.4 Å². The summed E-state index contributed by atoms with van der Waals surface area (Å²) in [4.78, 5) is 26.2. The van der Waals surface area contributed by atoms with E-state index in [1.54, 1.807) is 46.2 Å². The summed E-state index contributed by atoms with van der Waals surface area (Å²) >= 11 is 6.13. The minimum absolute atomic E-state index is 0.237. The van der Waals surface area contributed by atoms with Gasteiger partial charge >= 0.3 is 0 Å². The zero-order valence-corrected chi connectivity index (χ0v) is 15.8. The van der Waals surface area contributed by atoms with Crippen LogP contribution >= 0.6 is 11.6 Å². The molecule has 0 aliphatic carbocycles. The molecule has 2 amide bonds. The van der Waals surface area contributed by atoms with E-state index < -0.39 is 0 Å². The maximum absolute atomic E-state index is 13.0. The Morgan fingerprint density at radius 2 is 2.07 bits per heavy atom. The van der Waals surface area contributed by atoms with Gasteiger partial charge in [-0.3, -0.25) is 9.59 Å². The molecule has 1 fully saturated rings. The maximum Gasteiger partial charge on any atom is 0.274 e. The van der Waals surface area contributed by atoms with Crippen molar-refractivity contribution in [3.8, 4) is 17.1 Å². The number of nitrogens with two attached hydrogens (primary N) is 1. The van der Waals surface area contributed by atoms with Gasteiger partial charge in [0.25, 0.3) is 5.91 Å². The number of piperidine rings is 1. The van der Waals surface area contributed by atoms with Crippen molar-refractivity contribution in [3.63, 3.8) is 0 Å². The Balaban J connectivity index is 1.71. The predicted molar refractivity (Wildman–Crippen MR) is 104 cm³/mol. The lowest BCUT2D eigenvalue weighted by molar-refractivity contribution is -0.123. The Kier molecular flexibility index (Phi) is 4.92. The van der Waals surface area contributed by atoms with Crippen LogP contribution in [0.3, 0.4) is 0 Å². The summed E-state index contributed by atoms with van der Waals surface area (Å²) in [5, 5.41) is 5.07. The van der Waals surface area contributed by atoms with Gasteiger partial charge in [-0.15, -0.1) is 0 Å². The number of furan rings is 1. The summed E-state index contributed by atoms with van der Waals surface area (Å²) < 4.78 is 7.15. The SMILES string of the molecule is NC(=O)C1CCCN(C(=O)c2cc(-c3ccco3)n(-c3cccc(Cl)c3)n2)C1. The Morgan fingerprint density at radius 3 is 2.79 bits per heavy atom. The smallest absolute Gasteiger partial charge is 0.274 e. The number of likely N-dealkylation sites (tertiary alicyclic amines) is 1. The fourth-order valence-corrected chi connectivity index (χ4v) is 3.63. The van der Waals surface area contributed by atoms with E-state index in [0.717, 1.165) is 6.42 Å². The fourth-order valence-electron chi connectivity index (χ4n) is 3.45. The van der Waals surface area contributed by atoms with Crippen molar-refractivity contribution in [1.29, 1.82) is 0 Å². The monoisotopic (exact) mass is 398 g/mol. The van der Waals surface area contributed by atoms with Crippen LogP contribution in [0.4, 0.5) is 0 Å². The van der Waals surface area contributed by atoms with Gasteiger partial charge in [0.15, 0.2) is 11.5 Å². The number of rotatable bonds is 4. The molecule has 28 heavy (non-hydrogen) atoms. The van der Waals surface area contributed by atoms with Crippen LogP contribution < -0.4 is 5.73 Å². The van der Waals surface area contributed by atoms with E-state index in [1.807, 2.05) is 12.1 Å². The molecule has 1 unspecified atom stereocenters. The number of carbonyl (C=O) groups is 2. The van der Waals surface area contributed by atoms with Crippen molar-refractivity contribution in [2.24, 2.45) is 11.7 Å². The third kappa shape index (κ3) is 3.53. The number of amides is 2. The third-order valence-electron chi connectivity index (χ3n) is 4.87. The van der Waals surface area contributed by atoms with Crippen LogP contribution in [-0.2, 0) is 4.79 Å². The summed E-state index contributed by atoms with van der Waals surface area (Å²) in [5.74, 6) is -0.352. The number of hydrogen-bond acceptors (Lipinski definition) is 4. The van der Waals surface area contributed by atoms with E-state index in [0.29, 0.717) is 41.7 Å². The van der Waals surface area contributed by atoms with Gasteiger partial charge in [-0.05, 0) is 43.2 Å². The van der Waals surface area contributed by atoms with E-state index in [-0.39, 0.29) is 23.4 Å².